The van der Waals surface area contributed by atoms with Crippen molar-refractivity contribution < 1.29 is 4.39 Å². The zero-order valence-corrected chi connectivity index (χ0v) is 20.3. The van der Waals surface area contributed by atoms with Crippen LogP contribution in [0.1, 0.15) is 16.7 Å². The summed E-state index contributed by atoms with van der Waals surface area (Å²) in [7, 11) is 1.75. The highest BCUT2D eigenvalue weighted by molar-refractivity contribution is 14.0. The van der Waals surface area contributed by atoms with Gasteiger partial charge >= 0.3 is 0 Å². The Bertz CT molecular complexity index is 946. The summed E-state index contributed by atoms with van der Waals surface area (Å²) in [5.41, 5.74) is 4.28. The third-order valence-electron chi connectivity index (χ3n) is 4.50. The number of benzene rings is 2. The number of hydrogen-bond donors (Lipinski definition) is 2. The standard InChI is InChI=1S/C22H26FN5S.HI/c1-24-22(26-14-18-8-9-20(23)12-19(18)16-29-2)25-11-10-17-13-27-28(15-17)21-6-4-3-5-7-21;/h3-9,12-13,15H,10-11,14,16H2,1-2H3,(H2,24,25,26);1H. The van der Waals surface area contributed by atoms with Crippen molar-refractivity contribution in [2.75, 3.05) is 19.8 Å². The van der Waals surface area contributed by atoms with Gasteiger partial charge in [-0.15, -0.1) is 24.0 Å². The van der Waals surface area contributed by atoms with Crippen molar-refractivity contribution in [3.63, 3.8) is 0 Å². The fourth-order valence-corrected chi connectivity index (χ4v) is 3.57. The number of aromatic nitrogens is 2. The van der Waals surface area contributed by atoms with E-state index in [1.54, 1.807) is 24.9 Å². The Morgan fingerprint density at radius 2 is 1.93 bits per heavy atom. The summed E-state index contributed by atoms with van der Waals surface area (Å²) in [5, 5.41) is 11.1. The lowest BCUT2D eigenvalue weighted by molar-refractivity contribution is 0.625. The van der Waals surface area contributed by atoms with Crippen LogP contribution in [0.3, 0.4) is 0 Å². The van der Waals surface area contributed by atoms with Crippen molar-refractivity contribution in [2.45, 2.75) is 18.7 Å². The molecule has 0 atom stereocenters. The Morgan fingerprint density at radius 1 is 1.13 bits per heavy atom. The molecule has 0 radical (unpaired) electrons. The Morgan fingerprint density at radius 3 is 2.67 bits per heavy atom. The maximum Gasteiger partial charge on any atom is 0.191 e. The van der Waals surface area contributed by atoms with E-state index in [0.717, 1.165) is 47.1 Å². The Balaban J connectivity index is 0.00000320. The molecule has 0 saturated carbocycles. The minimum Gasteiger partial charge on any atom is -0.356 e. The van der Waals surface area contributed by atoms with E-state index in [-0.39, 0.29) is 29.8 Å². The van der Waals surface area contributed by atoms with E-state index < -0.39 is 0 Å². The molecule has 0 unspecified atom stereocenters. The van der Waals surface area contributed by atoms with Gasteiger partial charge < -0.3 is 10.6 Å². The molecule has 3 aromatic rings. The molecule has 0 spiro atoms. The highest BCUT2D eigenvalue weighted by Gasteiger charge is 2.06. The minimum absolute atomic E-state index is 0. The molecule has 0 aliphatic heterocycles. The molecule has 1 heterocycles. The highest BCUT2D eigenvalue weighted by atomic mass is 127. The molecule has 30 heavy (non-hydrogen) atoms. The Kier molecular flexibility index (Phi) is 10.2. The van der Waals surface area contributed by atoms with Gasteiger partial charge in [-0.3, -0.25) is 4.99 Å². The molecule has 0 bridgehead atoms. The second-order valence-electron chi connectivity index (χ2n) is 6.58. The third-order valence-corrected chi connectivity index (χ3v) is 5.10. The van der Waals surface area contributed by atoms with Crippen LogP contribution in [-0.4, -0.2) is 35.6 Å². The predicted molar refractivity (Wildman–Crippen MR) is 135 cm³/mol. The van der Waals surface area contributed by atoms with Crippen LogP contribution in [0.4, 0.5) is 4.39 Å². The van der Waals surface area contributed by atoms with Gasteiger partial charge in [-0.05, 0) is 53.6 Å². The maximum absolute atomic E-state index is 13.5. The van der Waals surface area contributed by atoms with E-state index in [2.05, 4.69) is 20.7 Å². The lowest BCUT2D eigenvalue weighted by Gasteiger charge is -2.14. The summed E-state index contributed by atoms with van der Waals surface area (Å²) >= 11 is 1.68. The van der Waals surface area contributed by atoms with Gasteiger partial charge in [-0.2, -0.15) is 16.9 Å². The lowest BCUT2D eigenvalue weighted by atomic mass is 10.1. The van der Waals surface area contributed by atoms with E-state index in [1.165, 1.54) is 6.07 Å². The molecule has 8 heteroatoms. The molecule has 5 nitrogen and oxygen atoms in total. The largest absolute Gasteiger partial charge is 0.356 e. The molecule has 160 valence electrons. The highest BCUT2D eigenvalue weighted by Crippen LogP contribution is 2.16. The van der Waals surface area contributed by atoms with Gasteiger partial charge in [0.2, 0.25) is 0 Å². The van der Waals surface area contributed by atoms with Crippen molar-refractivity contribution >= 4 is 41.7 Å². The third kappa shape index (κ3) is 7.02. The van der Waals surface area contributed by atoms with E-state index in [4.69, 9.17) is 0 Å². The van der Waals surface area contributed by atoms with Gasteiger partial charge in [0.15, 0.2) is 5.96 Å². The average molecular weight is 539 g/mol. The molecule has 0 fully saturated rings. The van der Waals surface area contributed by atoms with E-state index >= 15 is 0 Å². The number of guanidine groups is 1. The summed E-state index contributed by atoms with van der Waals surface area (Å²) in [6, 6.07) is 15.0. The van der Waals surface area contributed by atoms with Crippen molar-refractivity contribution in [1.82, 2.24) is 20.4 Å². The maximum atomic E-state index is 13.5. The molecule has 0 aliphatic carbocycles. The van der Waals surface area contributed by atoms with Gasteiger partial charge in [-0.1, -0.05) is 24.3 Å². The summed E-state index contributed by atoms with van der Waals surface area (Å²) in [6.45, 7) is 1.34. The number of thioether (sulfide) groups is 1. The molecular weight excluding hydrogens is 512 g/mol. The average Bonchev–Trinajstić information content (AvgIpc) is 3.21. The molecular formula is C22H27FIN5S. The van der Waals surface area contributed by atoms with Crippen LogP contribution in [0.5, 0.6) is 0 Å². The summed E-state index contributed by atoms with van der Waals surface area (Å²) in [6.07, 6.45) is 6.78. The van der Waals surface area contributed by atoms with Gasteiger partial charge in [0, 0.05) is 32.1 Å². The first-order chi connectivity index (χ1) is 14.2. The van der Waals surface area contributed by atoms with Crippen LogP contribution in [0.25, 0.3) is 5.69 Å². The van der Waals surface area contributed by atoms with Crippen molar-refractivity contribution in [1.29, 1.82) is 0 Å². The van der Waals surface area contributed by atoms with Crippen molar-refractivity contribution in [3.8, 4) is 5.69 Å². The molecule has 0 amide bonds. The van der Waals surface area contributed by atoms with Crippen LogP contribution in [0.2, 0.25) is 0 Å². The SMILES string of the molecule is CN=C(NCCc1cnn(-c2ccccc2)c1)NCc1ccc(F)cc1CSC.I. The number of para-hydroxylation sites is 1. The van der Waals surface area contributed by atoms with Gasteiger partial charge in [-0.25, -0.2) is 9.07 Å². The smallest absolute Gasteiger partial charge is 0.191 e. The number of aliphatic imine (C=N–C) groups is 1. The van der Waals surface area contributed by atoms with Crippen LogP contribution in [0.15, 0.2) is 65.9 Å². The zero-order chi connectivity index (χ0) is 20.5. The second-order valence-corrected chi connectivity index (χ2v) is 7.44. The van der Waals surface area contributed by atoms with Gasteiger partial charge in [0.05, 0.1) is 11.9 Å². The second kappa shape index (κ2) is 12.6. The molecule has 2 aromatic carbocycles. The molecule has 0 aliphatic rings. The van der Waals surface area contributed by atoms with E-state index in [1.807, 2.05) is 59.7 Å². The number of hydrogen-bond acceptors (Lipinski definition) is 3. The summed E-state index contributed by atoms with van der Waals surface area (Å²) < 4.78 is 15.4. The van der Waals surface area contributed by atoms with Gasteiger partial charge in [0.25, 0.3) is 0 Å². The van der Waals surface area contributed by atoms with Gasteiger partial charge in [0.1, 0.15) is 5.82 Å². The van der Waals surface area contributed by atoms with Crippen LogP contribution < -0.4 is 10.6 Å². The number of nitrogens with one attached hydrogen (secondary N) is 2. The minimum atomic E-state index is -0.198. The first-order valence-corrected chi connectivity index (χ1v) is 10.9. The quantitative estimate of drug-likeness (QED) is 0.253. The summed E-state index contributed by atoms with van der Waals surface area (Å²) in [5.74, 6) is 1.31. The topological polar surface area (TPSA) is 54.2 Å². The predicted octanol–water partition coefficient (Wildman–Crippen LogP) is 4.40. The van der Waals surface area contributed by atoms with Crippen LogP contribution in [0, 0.1) is 5.82 Å². The van der Waals surface area contributed by atoms with Crippen molar-refractivity contribution in [2.24, 2.45) is 4.99 Å². The molecule has 3 rings (SSSR count). The number of halogens is 2. The zero-order valence-electron chi connectivity index (χ0n) is 17.1. The molecule has 0 saturated heterocycles. The Labute approximate surface area is 198 Å². The van der Waals surface area contributed by atoms with Crippen LogP contribution >= 0.6 is 35.7 Å². The monoisotopic (exact) mass is 539 g/mol. The Hall–Kier alpha value is -2.07. The fraction of sp³-hybridized carbons (Fsp3) is 0.273. The fourth-order valence-electron chi connectivity index (χ4n) is 2.99. The van der Waals surface area contributed by atoms with E-state index in [0.29, 0.717) is 6.54 Å². The summed E-state index contributed by atoms with van der Waals surface area (Å²) in [4.78, 5) is 4.27. The normalized spacial score (nSPS) is 11.1. The van der Waals surface area contributed by atoms with Crippen molar-refractivity contribution in [3.05, 3.63) is 83.4 Å². The van der Waals surface area contributed by atoms with Crippen LogP contribution in [-0.2, 0) is 18.7 Å². The van der Waals surface area contributed by atoms with E-state index in [9.17, 15) is 4.39 Å². The number of rotatable bonds is 8. The number of nitrogens with zero attached hydrogens (tertiary/aromatic N) is 3. The molecule has 1 aromatic heterocycles. The lowest BCUT2D eigenvalue weighted by Crippen LogP contribution is -2.38. The first-order valence-electron chi connectivity index (χ1n) is 9.49. The molecule has 2 N–H and O–H groups in total. The first kappa shape index (κ1) is 24.2.